The molecule has 1 rings (SSSR count). The van der Waals surface area contributed by atoms with Crippen LogP contribution in [0.2, 0.25) is 5.02 Å². The molecule has 0 saturated heterocycles. The molecule has 0 spiro atoms. The summed E-state index contributed by atoms with van der Waals surface area (Å²) in [6, 6.07) is 8.22. The topological polar surface area (TPSA) is 26.0 Å². The van der Waals surface area contributed by atoms with E-state index in [1.165, 1.54) is 11.3 Å². The average molecular weight is 258 g/mol. The smallest absolute Gasteiger partial charge is 0.0417 e. The minimum atomic E-state index is 0.284. The lowest BCUT2D eigenvalue weighted by atomic mass is 10.1. The van der Waals surface area contributed by atoms with Gasteiger partial charge in [0.25, 0.3) is 0 Å². The molecule has 0 aliphatic carbocycles. The maximum atomic E-state index is 6.05. The Bertz CT molecular complexity index is 315. The summed E-state index contributed by atoms with van der Waals surface area (Å²) in [6.45, 7) is 4.47. The van der Waals surface area contributed by atoms with Crippen molar-refractivity contribution in [3.63, 3.8) is 0 Å². The first-order chi connectivity index (χ1) is 7.58. The summed E-state index contributed by atoms with van der Waals surface area (Å²) >= 11 is 7.70. The van der Waals surface area contributed by atoms with Gasteiger partial charge in [0.15, 0.2) is 0 Å². The van der Waals surface area contributed by atoms with Gasteiger partial charge in [0, 0.05) is 21.7 Å². The third-order valence-electron chi connectivity index (χ3n) is 2.37. The zero-order chi connectivity index (χ0) is 12.0. The van der Waals surface area contributed by atoms with Gasteiger partial charge in [0.2, 0.25) is 0 Å². The molecule has 3 heteroatoms. The number of rotatable bonds is 6. The molecule has 0 bridgehead atoms. The van der Waals surface area contributed by atoms with Gasteiger partial charge >= 0.3 is 0 Å². The third-order valence-corrected chi connectivity index (χ3v) is 3.79. The first-order valence-electron chi connectivity index (χ1n) is 5.72. The van der Waals surface area contributed by atoms with E-state index in [1.54, 1.807) is 11.8 Å². The van der Waals surface area contributed by atoms with E-state index in [4.69, 9.17) is 17.3 Å². The Balaban J connectivity index is 2.28. The van der Waals surface area contributed by atoms with Crippen LogP contribution >= 0.6 is 23.4 Å². The minimum absolute atomic E-state index is 0.284. The highest BCUT2D eigenvalue weighted by Gasteiger charge is 2.05. The molecule has 1 aromatic rings. The minimum Gasteiger partial charge on any atom is -0.327 e. The van der Waals surface area contributed by atoms with Crippen LogP contribution in [0.4, 0.5) is 0 Å². The highest BCUT2D eigenvalue weighted by molar-refractivity contribution is 7.99. The molecule has 0 fully saturated rings. The Morgan fingerprint density at radius 3 is 2.69 bits per heavy atom. The van der Waals surface area contributed by atoms with E-state index < -0.39 is 0 Å². The van der Waals surface area contributed by atoms with Gasteiger partial charge in [0.05, 0.1) is 0 Å². The molecular weight excluding hydrogens is 238 g/mol. The number of thioether (sulfide) groups is 1. The summed E-state index contributed by atoms with van der Waals surface area (Å²) in [6.07, 6.45) is 2.31. The molecule has 0 amide bonds. The van der Waals surface area contributed by atoms with Crippen LogP contribution in [0.3, 0.4) is 0 Å². The summed E-state index contributed by atoms with van der Waals surface area (Å²) in [5, 5.41) is 0.792. The van der Waals surface area contributed by atoms with Crippen molar-refractivity contribution < 1.29 is 0 Å². The van der Waals surface area contributed by atoms with Crippen molar-refractivity contribution >= 4 is 23.4 Å². The predicted octanol–water partition coefficient (Wildman–Crippen LogP) is 4.20. The van der Waals surface area contributed by atoms with Crippen LogP contribution in [0.15, 0.2) is 29.2 Å². The molecule has 0 aliphatic heterocycles. The van der Waals surface area contributed by atoms with Crippen molar-refractivity contribution in [3.8, 4) is 0 Å². The molecule has 0 aliphatic rings. The standard InChI is InChI=1S/C13H20ClNS/c1-10(2)6-7-12(15)9-16-13-5-3-4-11(14)8-13/h3-5,8,10,12H,6-7,9,15H2,1-2H3. The van der Waals surface area contributed by atoms with Crippen LogP contribution in [0.1, 0.15) is 26.7 Å². The number of nitrogens with two attached hydrogens (primary N) is 1. The second kappa shape index (κ2) is 7.21. The maximum Gasteiger partial charge on any atom is 0.0417 e. The quantitative estimate of drug-likeness (QED) is 0.773. The van der Waals surface area contributed by atoms with Gasteiger partial charge in [0.1, 0.15) is 0 Å². The van der Waals surface area contributed by atoms with Crippen molar-refractivity contribution in [2.24, 2.45) is 11.7 Å². The zero-order valence-corrected chi connectivity index (χ0v) is 11.5. The lowest BCUT2D eigenvalue weighted by Gasteiger charge is -2.12. The molecule has 1 atom stereocenters. The van der Waals surface area contributed by atoms with Gasteiger partial charge in [-0.15, -0.1) is 11.8 Å². The Hall–Kier alpha value is -0.180. The first-order valence-corrected chi connectivity index (χ1v) is 7.08. The van der Waals surface area contributed by atoms with E-state index in [-0.39, 0.29) is 6.04 Å². The van der Waals surface area contributed by atoms with Crippen molar-refractivity contribution in [3.05, 3.63) is 29.3 Å². The molecule has 1 nitrogen and oxygen atoms in total. The van der Waals surface area contributed by atoms with E-state index in [2.05, 4.69) is 19.9 Å². The third kappa shape index (κ3) is 5.78. The Kier molecular flexibility index (Phi) is 6.25. The highest BCUT2D eigenvalue weighted by atomic mass is 35.5. The van der Waals surface area contributed by atoms with Crippen LogP contribution < -0.4 is 5.73 Å². The van der Waals surface area contributed by atoms with Gasteiger partial charge in [-0.1, -0.05) is 31.5 Å². The molecule has 1 aromatic carbocycles. The monoisotopic (exact) mass is 257 g/mol. The van der Waals surface area contributed by atoms with Crippen LogP contribution in [0, 0.1) is 5.92 Å². The second-order valence-electron chi connectivity index (χ2n) is 4.50. The summed E-state index contributed by atoms with van der Waals surface area (Å²) < 4.78 is 0. The molecule has 0 heterocycles. The van der Waals surface area contributed by atoms with E-state index in [0.717, 1.165) is 23.1 Å². The number of hydrogen-bond donors (Lipinski definition) is 1. The number of benzene rings is 1. The van der Waals surface area contributed by atoms with Gasteiger partial charge in [-0.05, 0) is 37.0 Å². The van der Waals surface area contributed by atoms with Crippen molar-refractivity contribution in [2.45, 2.75) is 37.6 Å². The molecule has 2 N–H and O–H groups in total. The van der Waals surface area contributed by atoms with E-state index in [0.29, 0.717) is 0 Å². The van der Waals surface area contributed by atoms with E-state index in [9.17, 15) is 0 Å². The SMILES string of the molecule is CC(C)CCC(N)CSc1cccc(Cl)c1. The molecule has 90 valence electrons. The van der Waals surface area contributed by atoms with E-state index in [1.807, 2.05) is 18.2 Å². The highest BCUT2D eigenvalue weighted by Crippen LogP contribution is 2.22. The van der Waals surface area contributed by atoms with Crippen molar-refractivity contribution in [1.82, 2.24) is 0 Å². The second-order valence-corrected chi connectivity index (χ2v) is 6.03. The van der Waals surface area contributed by atoms with E-state index >= 15 is 0 Å². The predicted molar refractivity (Wildman–Crippen MR) is 74.2 cm³/mol. The molecule has 0 saturated carbocycles. The molecule has 0 aromatic heterocycles. The van der Waals surface area contributed by atoms with Gasteiger partial charge in [-0.2, -0.15) is 0 Å². The Morgan fingerprint density at radius 1 is 1.31 bits per heavy atom. The zero-order valence-electron chi connectivity index (χ0n) is 9.95. The summed E-state index contributed by atoms with van der Waals surface area (Å²) in [7, 11) is 0. The van der Waals surface area contributed by atoms with Crippen LogP contribution in [-0.4, -0.2) is 11.8 Å². The Morgan fingerprint density at radius 2 is 2.06 bits per heavy atom. The number of halogens is 1. The van der Waals surface area contributed by atoms with Crippen molar-refractivity contribution in [2.75, 3.05) is 5.75 Å². The molecule has 16 heavy (non-hydrogen) atoms. The Labute approximate surface area is 108 Å². The fourth-order valence-corrected chi connectivity index (χ4v) is 2.60. The van der Waals surface area contributed by atoms with Crippen LogP contribution in [0.5, 0.6) is 0 Å². The van der Waals surface area contributed by atoms with Gasteiger partial charge in [-0.25, -0.2) is 0 Å². The van der Waals surface area contributed by atoms with Crippen LogP contribution in [0.25, 0.3) is 0 Å². The van der Waals surface area contributed by atoms with Crippen LogP contribution in [-0.2, 0) is 0 Å². The van der Waals surface area contributed by atoms with Gasteiger partial charge < -0.3 is 5.73 Å². The lowest BCUT2D eigenvalue weighted by Crippen LogP contribution is -2.23. The summed E-state index contributed by atoms with van der Waals surface area (Å²) in [5.74, 6) is 1.70. The fraction of sp³-hybridized carbons (Fsp3) is 0.538. The summed E-state index contributed by atoms with van der Waals surface area (Å²) in [4.78, 5) is 1.20. The molecule has 1 unspecified atom stereocenters. The normalized spacial score (nSPS) is 13.1. The number of hydrogen-bond acceptors (Lipinski definition) is 2. The molecular formula is C13H20ClNS. The summed E-state index contributed by atoms with van der Waals surface area (Å²) in [5.41, 5.74) is 6.05. The first kappa shape index (κ1) is 13.9. The largest absolute Gasteiger partial charge is 0.327 e. The molecule has 0 radical (unpaired) electrons. The maximum absolute atomic E-state index is 6.05. The average Bonchev–Trinajstić information content (AvgIpc) is 2.23. The lowest BCUT2D eigenvalue weighted by molar-refractivity contribution is 0.517. The van der Waals surface area contributed by atoms with Crippen molar-refractivity contribution in [1.29, 1.82) is 0 Å². The van der Waals surface area contributed by atoms with Gasteiger partial charge in [-0.3, -0.25) is 0 Å². The fourth-order valence-electron chi connectivity index (χ4n) is 1.39.